The summed E-state index contributed by atoms with van der Waals surface area (Å²) in [7, 11) is 3.70. The van der Waals surface area contributed by atoms with Gasteiger partial charge in [-0.1, -0.05) is 0 Å². The van der Waals surface area contributed by atoms with E-state index in [1.807, 2.05) is 24.2 Å². The number of pyridine rings is 1. The van der Waals surface area contributed by atoms with Crippen LogP contribution in [0.4, 0.5) is 5.69 Å². The second-order valence-electron chi connectivity index (χ2n) is 5.29. The van der Waals surface area contributed by atoms with E-state index in [0.29, 0.717) is 0 Å². The summed E-state index contributed by atoms with van der Waals surface area (Å²) in [6, 6.07) is 1.87. The van der Waals surface area contributed by atoms with Gasteiger partial charge in [0.1, 0.15) is 0 Å². The average molecular weight is 261 g/mol. The monoisotopic (exact) mass is 261 g/mol. The molecule has 3 rings (SSSR count). The Labute approximate surface area is 113 Å². The van der Waals surface area contributed by atoms with Crippen LogP contribution in [0.1, 0.15) is 12.0 Å². The number of hydrogen-bond donors (Lipinski definition) is 0. The molecule has 0 aromatic carbocycles. The van der Waals surface area contributed by atoms with E-state index in [0.717, 1.165) is 31.6 Å². The lowest BCUT2D eigenvalue weighted by Gasteiger charge is -2.25. The van der Waals surface area contributed by atoms with Crippen LogP contribution in [0, 0.1) is 0 Å². The number of hydrogen-bond acceptors (Lipinski definition) is 4. The quantitative estimate of drug-likeness (QED) is 0.786. The highest BCUT2D eigenvalue weighted by molar-refractivity contribution is 5.99. The van der Waals surface area contributed by atoms with E-state index in [-0.39, 0.29) is 18.1 Å². The molecule has 1 fully saturated rings. The van der Waals surface area contributed by atoms with Crippen molar-refractivity contribution in [2.24, 2.45) is 0 Å². The smallest absolute Gasteiger partial charge is 0.244 e. The van der Waals surface area contributed by atoms with Crippen LogP contribution in [0.25, 0.3) is 0 Å². The lowest BCUT2D eigenvalue weighted by atomic mass is 10.1. The van der Waals surface area contributed by atoms with Crippen LogP contribution < -0.4 is 4.90 Å². The molecule has 1 aromatic heterocycles. The van der Waals surface area contributed by atoms with E-state index < -0.39 is 0 Å². The van der Waals surface area contributed by atoms with Crippen molar-refractivity contribution in [2.75, 3.05) is 32.1 Å². The third-order valence-electron chi connectivity index (χ3n) is 4.17. The Morgan fingerprint density at radius 3 is 3.11 bits per heavy atom. The van der Waals surface area contributed by atoms with E-state index in [4.69, 9.17) is 4.74 Å². The van der Waals surface area contributed by atoms with E-state index in [9.17, 15) is 4.79 Å². The highest BCUT2D eigenvalue weighted by Crippen LogP contribution is 2.29. The zero-order valence-corrected chi connectivity index (χ0v) is 11.4. The molecule has 0 N–H and O–H groups in total. The Morgan fingerprint density at radius 1 is 1.53 bits per heavy atom. The highest BCUT2D eigenvalue weighted by Gasteiger charge is 2.38. The first kappa shape index (κ1) is 12.6. The molecule has 5 heteroatoms. The number of carbonyl (C=O) groups excluding carboxylic acids is 1. The molecule has 102 valence electrons. The number of likely N-dealkylation sites (tertiary alicyclic amines) is 1. The average Bonchev–Trinajstić information content (AvgIpc) is 3.01. The number of carbonyl (C=O) groups is 1. The normalized spacial score (nSPS) is 26.7. The number of ether oxygens (including phenoxy) is 1. The summed E-state index contributed by atoms with van der Waals surface area (Å²) >= 11 is 0. The lowest BCUT2D eigenvalue weighted by Crippen LogP contribution is -2.43. The van der Waals surface area contributed by atoms with Crippen LogP contribution in [0.3, 0.4) is 0 Å². The maximum atomic E-state index is 12.7. The summed E-state index contributed by atoms with van der Waals surface area (Å²) in [5, 5.41) is 0. The molecule has 1 amide bonds. The zero-order valence-electron chi connectivity index (χ0n) is 11.4. The number of likely N-dealkylation sites (N-methyl/N-ethyl adjacent to an activating group) is 1. The molecule has 0 unspecified atom stereocenters. The minimum absolute atomic E-state index is 0.0657. The van der Waals surface area contributed by atoms with Crippen molar-refractivity contribution in [3.8, 4) is 0 Å². The minimum Gasteiger partial charge on any atom is -0.380 e. The third kappa shape index (κ3) is 2.13. The van der Waals surface area contributed by atoms with Gasteiger partial charge >= 0.3 is 0 Å². The Hall–Kier alpha value is -1.46. The Morgan fingerprint density at radius 2 is 2.37 bits per heavy atom. The number of fused-ring (bicyclic) bond motifs is 1. The van der Waals surface area contributed by atoms with Gasteiger partial charge in [-0.05, 0) is 31.5 Å². The molecular formula is C14H19N3O2. The molecule has 0 spiro atoms. The van der Waals surface area contributed by atoms with E-state index in [2.05, 4.69) is 9.88 Å². The van der Waals surface area contributed by atoms with Gasteiger partial charge in [-0.2, -0.15) is 0 Å². The highest BCUT2D eigenvalue weighted by atomic mass is 16.5. The summed E-state index contributed by atoms with van der Waals surface area (Å²) in [5.74, 6) is 0.187. The first-order valence-corrected chi connectivity index (χ1v) is 6.68. The topological polar surface area (TPSA) is 45.7 Å². The predicted octanol–water partition coefficient (Wildman–Crippen LogP) is 0.690. The SMILES string of the molecule is CO[C@H]1C[C@@H](C(=O)N2CCc3cnccc32)N(C)C1. The van der Waals surface area contributed by atoms with Crippen LogP contribution in [0.2, 0.25) is 0 Å². The lowest BCUT2D eigenvalue weighted by molar-refractivity contribution is -0.122. The van der Waals surface area contributed by atoms with Gasteiger partial charge in [0.25, 0.3) is 0 Å². The Kier molecular flexibility index (Phi) is 3.24. The largest absolute Gasteiger partial charge is 0.380 e. The van der Waals surface area contributed by atoms with E-state index >= 15 is 0 Å². The zero-order chi connectivity index (χ0) is 13.4. The molecule has 2 atom stereocenters. The summed E-state index contributed by atoms with van der Waals surface area (Å²) in [6.45, 7) is 1.59. The molecule has 3 heterocycles. The molecular weight excluding hydrogens is 242 g/mol. The van der Waals surface area contributed by atoms with Crippen LogP contribution in [-0.4, -0.2) is 55.2 Å². The molecule has 1 saturated heterocycles. The summed E-state index contributed by atoms with van der Waals surface area (Å²) in [4.78, 5) is 20.8. The fraction of sp³-hybridized carbons (Fsp3) is 0.571. The fourth-order valence-corrected chi connectivity index (χ4v) is 3.05. The summed E-state index contributed by atoms with van der Waals surface area (Å²) in [6.07, 6.45) is 5.46. The number of anilines is 1. The van der Waals surface area contributed by atoms with Crippen molar-refractivity contribution >= 4 is 11.6 Å². The molecule has 1 aromatic rings. The molecule has 0 saturated carbocycles. The van der Waals surface area contributed by atoms with Gasteiger partial charge in [0.05, 0.1) is 12.1 Å². The van der Waals surface area contributed by atoms with Gasteiger partial charge in [0.2, 0.25) is 5.91 Å². The molecule has 0 radical (unpaired) electrons. The van der Waals surface area contributed by atoms with Crippen LogP contribution in [-0.2, 0) is 16.0 Å². The van der Waals surface area contributed by atoms with Crippen molar-refractivity contribution in [3.63, 3.8) is 0 Å². The Bertz CT molecular complexity index is 491. The number of nitrogens with zero attached hydrogens (tertiary/aromatic N) is 3. The van der Waals surface area contributed by atoms with E-state index in [1.54, 1.807) is 13.3 Å². The second-order valence-corrected chi connectivity index (χ2v) is 5.29. The van der Waals surface area contributed by atoms with Gasteiger partial charge in [-0.25, -0.2) is 0 Å². The molecule has 2 aliphatic rings. The van der Waals surface area contributed by atoms with Crippen LogP contribution >= 0.6 is 0 Å². The van der Waals surface area contributed by atoms with Crippen molar-refractivity contribution < 1.29 is 9.53 Å². The standard InChI is InChI=1S/C14H19N3O2/c1-16-9-11(19-2)7-13(16)14(18)17-6-4-10-8-15-5-3-12(10)17/h3,5,8,11,13H,4,6-7,9H2,1-2H3/t11-,13-/m0/s1. The van der Waals surface area contributed by atoms with Gasteiger partial charge in [-0.3, -0.25) is 14.7 Å². The summed E-state index contributed by atoms with van der Waals surface area (Å²) < 4.78 is 5.37. The van der Waals surface area contributed by atoms with Crippen molar-refractivity contribution in [2.45, 2.75) is 25.0 Å². The molecule has 19 heavy (non-hydrogen) atoms. The van der Waals surface area contributed by atoms with Gasteiger partial charge < -0.3 is 9.64 Å². The summed E-state index contributed by atoms with van der Waals surface area (Å²) in [5.41, 5.74) is 2.19. The first-order valence-electron chi connectivity index (χ1n) is 6.68. The van der Waals surface area contributed by atoms with Crippen LogP contribution in [0.15, 0.2) is 18.5 Å². The fourth-order valence-electron chi connectivity index (χ4n) is 3.05. The minimum atomic E-state index is -0.0657. The Balaban J connectivity index is 1.79. The molecule has 5 nitrogen and oxygen atoms in total. The first-order chi connectivity index (χ1) is 9.20. The van der Waals surface area contributed by atoms with Gasteiger partial charge in [-0.15, -0.1) is 0 Å². The molecule has 0 bridgehead atoms. The maximum Gasteiger partial charge on any atom is 0.244 e. The number of methoxy groups -OCH3 is 1. The van der Waals surface area contributed by atoms with Gasteiger partial charge in [0.15, 0.2) is 0 Å². The number of rotatable bonds is 2. The van der Waals surface area contributed by atoms with Crippen molar-refractivity contribution in [3.05, 3.63) is 24.0 Å². The number of amides is 1. The third-order valence-corrected chi connectivity index (χ3v) is 4.17. The number of aromatic nitrogens is 1. The van der Waals surface area contributed by atoms with Crippen molar-refractivity contribution in [1.82, 2.24) is 9.88 Å². The molecule has 2 aliphatic heterocycles. The molecule has 0 aliphatic carbocycles. The maximum absolute atomic E-state index is 12.7. The second kappa shape index (κ2) is 4.90. The van der Waals surface area contributed by atoms with E-state index in [1.165, 1.54) is 5.56 Å². The van der Waals surface area contributed by atoms with Crippen LogP contribution in [0.5, 0.6) is 0 Å². The van der Waals surface area contributed by atoms with Gasteiger partial charge in [0, 0.05) is 38.3 Å². The van der Waals surface area contributed by atoms with Crippen molar-refractivity contribution in [1.29, 1.82) is 0 Å². The predicted molar refractivity (Wildman–Crippen MR) is 72.1 cm³/mol.